The molecule has 1 atom stereocenters. The first-order valence-corrected chi connectivity index (χ1v) is 15.4. The molecular formula is C33H33FN6O5. The largest absolute Gasteiger partial charge is 0.380 e. The number of anilines is 1. The van der Waals surface area contributed by atoms with Gasteiger partial charge in [-0.3, -0.25) is 38.9 Å². The third-order valence-corrected chi connectivity index (χ3v) is 9.49. The van der Waals surface area contributed by atoms with Gasteiger partial charge in [0.25, 0.3) is 11.8 Å². The van der Waals surface area contributed by atoms with Gasteiger partial charge in [-0.2, -0.15) is 5.10 Å². The summed E-state index contributed by atoms with van der Waals surface area (Å²) in [6.45, 7) is 1.66. The lowest BCUT2D eigenvalue weighted by atomic mass is 9.93. The van der Waals surface area contributed by atoms with Gasteiger partial charge in [-0.25, -0.2) is 4.39 Å². The molecule has 11 nitrogen and oxygen atoms in total. The molecule has 7 rings (SSSR count). The van der Waals surface area contributed by atoms with Crippen molar-refractivity contribution in [2.24, 2.45) is 5.41 Å². The van der Waals surface area contributed by atoms with E-state index in [1.807, 2.05) is 15.8 Å². The van der Waals surface area contributed by atoms with E-state index in [0.717, 1.165) is 41.7 Å². The molecule has 3 aromatic rings. The van der Waals surface area contributed by atoms with E-state index in [4.69, 9.17) is 0 Å². The number of nitrogens with zero attached hydrogens (tertiary/aromatic N) is 4. The van der Waals surface area contributed by atoms with Gasteiger partial charge in [-0.1, -0.05) is 18.2 Å². The van der Waals surface area contributed by atoms with Crippen LogP contribution in [0.4, 0.5) is 10.1 Å². The van der Waals surface area contributed by atoms with Crippen molar-refractivity contribution < 1.29 is 28.4 Å². The van der Waals surface area contributed by atoms with Crippen LogP contribution in [0.25, 0.3) is 0 Å². The Morgan fingerprint density at radius 3 is 2.44 bits per heavy atom. The van der Waals surface area contributed by atoms with Gasteiger partial charge in [-0.05, 0) is 68.4 Å². The Kier molecular flexibility index (Phi) is 7.22. The molecule has 1 saturated carbocycles. The van der Waals surface area contributed by atoms with Crippen LogP contribution in [0.1, 0.15) is 76.4 Å². The zero-order valence-corrected chi connectivity index (χ0v) is 24.6. The quantitative estimate of drug-likeness (QED) is 0.373. The van der Waals surface area contributed by atoms with Crippen molar-refractivity contribution in [1.29, 1.82) is 0 Å². The number of carbonyl (C=O) groups excluding carboxylic acids is 5. The first kappa shape index (κ1) is 28.9. The number of fused-ring (bicyclic) bond motifs is 1. The van der Waals surface area contributed by atoms with E-state index in [0.29, 0.717) is 31.7 Å². The fourth-order valence-electron chi connectivity index (χ4n) is 6.81. The van der Waals surface area contributed by atoms with Crippen LogP contribution in [-0.2, 0) is 27.3 Å². The molecule has 4 heterocycles. The summed E-state index contributed by atoms with van der Waals surface area (Å²) in [6, 6.07) is 10.5. The van der Waals surface area contributed by atoms with Gasteiger partial charge in [0.05, 0.1) is 28.8 Å². The monoisotopic (exact) mass is 612 g/mol. The summed E-state index contributed by atoms with van der Waals surface area (Å²) in [7, 11) is 0. The summed E-state index contributed by atoms with van der Waals surface area (Å²) < 4.78 is 15.2. The zero-order chi connectivity index (χ0) is 31.3. The normalized spacial score (nSPS) is 21.1. The van der Waals surface area contributed by atoms with E-state index >= 15 is 0 Å². The van der Waals surface area contributed by atoms with Crippen molar-refractivity contribution in [2.45, 2.75) is 63.6 Å². The van der Waals surface area contributed by atoms with Gasteiger partial charge >= 0.3 is 0 Å². The molecule has 12 heteroatoms. The number of benzene rings is 2. The standard InChI is InChI=1S/C33H33FN6O5/c34-22-6-4-20(5-7-22)16-33(12-13-33)32(45)38-14-10-23(11-15-38)39-19-21(18-36-39)17-35-25-3-1-2-24-28(25)31(44)40(30(24)43)26-8-9-27(41)37-29(26)42/h1-7,18-19,23,26,35H,8-17H2,(H,37,41,42). The molecule has 3 aliphatic heterocycles. The molecule has 3 fully saturated rings. The number of likely N-dealkylation sites (tertiary alicyclic amines) is 1. The van der Waals surface area contributed by atoms with E-state index in [9.17, 15) is 28.4 Å². The average Bonchev–Trinajstić information content (AvgIpc) is 3.58. The maximum absolute atomic E-state index is 13.4. The lowest BCUT2D eigenvalue weighted by molar-refractivity contribution is -0.138. The van der Waals surface area contributed by atoms with Crippen LogP contribution < -0.4 is 10.6 Å². The topological polar surface area (TPSA) is 134 Å². The van der Waals surface area contributed by atoms with Crippen LogP contribution in [-0.4, -0.2) is 68.2 Å². The smallest absolute Gasteiger partial charge is 0.264 e. The minimum absolute atomic E-state index is 0.0620. The summed E-state index contributed by atoms with van der Waals surface area (Å²) in [5, 5.41) is 10.0. The maximum atomic E-state index is 13.4. The highest BCUT2D eigenvalue weighted by atomic mass is 19.1. The van der Waals surface area contributed by atoms with Crippen molar-refractivity contribution in [3.8, 4) is 0 Å². The molecule has 45 heavy (non-hydrogen) atoms. The van der Waals surface area contributed by atoms with Crippen LogP contribution in [0, 0.1) is 11.2 Å². The molecule has 5 amide bonds. The van der Waals surface area contributed by atoms with E-state index in [2.05, 4.69) is 15.7 Å². The number of halogens is 1. The summed E-state index contributed by atoms with van der Waals surface area (Å²) in [5.74, 6) is -2.25. The number of carbonyl (C=O) groups is 5. The molecule has 1 aliphatic carbocycles. The molecule has 1 unspecified atom stereocenters. The number of nitrogens with one attached hydrogen (secondary N) is 2. The van der Waals surface area contributed by atoms with Crippen LogP contribution in [0.2, 0.25) is 0 Å². The number of rotatable bonds is 8. The predicted octanol–water partition coefficient (Wildman–Crippen LogP) is 3.22. The number of aromatic nitrogens is 2. The summed E-state index contributed by atoms with van der Waals surface area (Å²) in [4.78, 5) is 66.8. The molecule has 232 valence electrons. The lowest BCUT2D eigenvalue weighted by Gasteiger charge is -2.34. The van der Waals surface area contributed by atoms with Crippen LogP contribution in [0.3, 0.4) is 0 Å². The Labute approximate surface area is 258 Å². The highest BCUT2D eigenvalue weighted by Crippen LogP contribution is 2.50. The molecule has 2 aromatic carbocycles. The Balaban J connectivity index is 0.955. The Bertz CT molecular complexity index is 1710. The molecule has 2 saturated heterocycles. The molecule has 0 spiro atoms. The van der Waals surface area contributed by atoms with Crippen molar-refractivity contribution in [3.63, 3.8) is 0 Å². The third kappa shape index (κ3) is 5.38. The third-order valence-electron chi connectivity index (χ3n) is 9.49. The van der Waals surface area contributed by atoms with Gasteiger partial charge in [0.2, 0.25) is 17.7 Å². The van der Waals surface area contributed by atoms with Gasteiger partial charge in [0.15, 0.2) is 0 Å². The highest BCUT2D eigenvalue weighted by molar-refractivity contribution is 6.25. The van der Waals surface area contributed by atoms with Gasteiger partial charge in [-0.15, -0.1) is 0 Å². The van der Waals surface area contributed by atoms with Crippen LogP contribution in [0.15, 0.2) is 54.9 Å². The number of imide groups is 2. The van der Waals surface area contributed by atoms with Gasteiger partial charge in [0.1, 0.15) is 11.9 Å². The summed E-state index contributed by atoms with van der Waals surface area (Å²) >= 11 is 0. The SMILES string of the molecule is O=C1CCC(N2C(=O)c3cccc(NCc4cnn(C5CCN(C(=O)C6(Cc7ccc(F)cc7)CC6)CC5)c4)c3C2=O)C(=O)N1. The van der Waals surface area contributed by atoms with E-state index in [1.54, 1.807) is 36.5 Å². The average molecular weight is 613 g/mol. The Morgan fingerprint density at radius 1 is 0.978 bits per heavy atom. The predicted molar refractivity (Wildman–Crippen MR) is 159 cm³/mol. The second-order valence-electron chi connectivity index (χ2n) is 12.5. The van der Waals surface area contributed by atoms with E-state index in [1.165, 1.54) is 12.1 Å². The first-order valence-electron chi connectivity index (χ1n) is 15.4. The van der Waals surface area contributed by atoms with Crippen molar-refractivity contribution in [1.82, 2.24) is 24.9 Å². The fourth-order valence-corrected chi connectivity index (χ4v) is 6.81. The minimum Gasteiger partial charge on any atom is -0.380 e. The molecule has 1 aromatic heterocycles. The number of hydrogen-bond donors (Lipinski definition) is 2. The van der Waals surface area contributed by atoms with Crippen LogP contribution in [0.5, 0.6) is 0 Å². The Hall–Kier alpha value is -4.87. The number of piperidine rings is 2. The van der Waals surface area contributed by atoms with Crippen molar-refractivity contribution in [3.05, 3.63) is 82.9 Å². The summed E-state index contributed by atoms with van der Waals surface area (Å²) in [5.41, 5.74) is 2.42. The van der Waals surface area contributed by atoms with E-state index in [-0.39, 0.29) is 47.1 Å². The van der Waals surface area contributed by atoms with Gasteiger partial charge < -0.3 is 10.2 Å². The maximum Gasteiger partial charge on any atom is 0.264 e. The first-order chi connectivity index (χ1) is 21.7. The molecule has 2 N–H and O–H groups in total. The molecular weight excluding hydrogens is 579 g/mol. The molecule has 0 bridgehead atoms. The van der Waals surface area contributed by atoms with E-state index < -0.39 is 29.7 Å². The second kappa shape index (κ2) is 11.2. The number of amides is 5. The number of hydrogen-bond acceptors (Lipinski definition) is 7. The lowest BCUT2D eigenvalue weighted by Crippen LogP contribution is -2.54. The van der Waals surface area contributed by atoms with Crippen molar-refractivity contribution in [2.75, 3.05) is 18.4 Å². The summed E-state index contributed by atoms with van der Waals surface area (Å²) in [6.07, 6.45) is 7.80. The second-order valence-corrected chi connectivity index (χ2v) is 12.5. The zero-order valence-electron chi connectivity index (χ0n) is 24.6. The fraction of sp³-hybridized carbons (Fsp3) is 0.394. The molecule has 4 aliphatic rings. The molecule has 0 radical (unpaired) electrons. The minimum atomic E-state index is -1.02. The van der Waals surface area contributed by atoms with Crippen molar-refractivity contribution >= 4 is 35.2 Å². The Morgan fingerprint density at radius 2 is 1.73 bits per heavy atom. The highest BCUT2D eigenvalue weighted by Gasteiger charge is 2.52. The van der Waals surface area contributed by atoms with Crippen LogP contribution >= 0.6 is 0 Å². The van der Waals surface area contributed by atoms with Gasteiger partial charge in [0, 0.05) is 43.5 Å².